The van der Waals surface area contributed by atoms with Crippen molar-refractivity contribution >= 4 is 21.3 Å². The Labute approximate surface area is 118 Å². The van der Waals surface area contributed by atoms with Crippen molar-refractivity contribution in [2.75, 3.05) is 0 Å². The third-order valence-corrected chi connectivity index (χ3v) is 4.41. The minimum atomic E-state index is -4.24. The Bertz CT molecular complexity index is 778. The summed E-state index contributed by atoms with van der Waals surface area (Å²) in [4.78, 5) is -0.0160. The molecule has 1 aromatic rings. The molecule has 0 aliphatic heterocycles. The zero-order chi connectivity index (χ0) is 14.2. The van der Waals surface area contributed by atoms with Gasteiger partial charge in [-0.3, -0.25) is 4.55 Å². The first kappa shape index (κ1) is 13.1. The van der Waals surface area contributed by atoms with Gasteiger partial charge in [0.15, 0.2) is 0 Å². The van der Waals surface area contributed by atoms with Crippen LogP contribution in [0.5, 0.6) is 0 Å². The van der Waals surface area contributed by atoms with Crippen LogP contribution in [0.15, 0.2) is 59.6 Å². The Morgan fingerprint density at radius 1 is 0.950 bits per heavy atom. The van der Waals surface area contributed by atoms with Gasteiger partial charge in [0.05, 0.1) is 0 Å². The largest absolute Gasteiger partial charge is 0.295 e. The lowest BCUT2D eigenvalue weighted by atomic mass is 9.93. The van der Waals surface area contributed by atoms with Crippen molar-refractivity contribution in [3.05, 3.63) is 65.8 Å². The second-order valence-electron chi connectivity index (χ2n) is 4.80. The molecule has 0 aromatic heterocycles. The summed E-state index contributed by atoms with van der Waals surface area (Å²) in [6.07, 6.45) is 13.2. The van der Waals surface area contributed by atoms with Gasteiger partial charge < -0.3 is 0 Å². The van der Waals surface area contributed by atoms with Crippen LogP contribution in [0, 0.1) is 0 Å². The van der Waals surface area contributed by atoms with Gasteiger partial charge >= 0.3 is 0 Å². The molecule has 4 heteroatoms. The number of hydrogen-bond acceptors (Lipinski definition) is 2. The fourth-order valence-electron chi connectivity index (χ4n) is 2.62. The van der Waals surface area contributed by atoms with E-state index in [1.807, 2.05) is 42.5 Å². The Kier molecular flexibility index (Phi) is 3.20. The standard InChI is InChI=1S/C16H14O3S/c17-20(18,19)15-11-5-10-14(12-6-1-2-7-12)16(15)13-8-3-4-9-13/h1-6,8,10-11H,7,9H2,(H,17,18,19). The van der Waals surface area contributed by atoms with Crippen molar-refractivity contribution < 1.29 is 13.0 Å². The van der Waals surface area contributed by atoms with Crippen LogP contribution in [-0.4, -0.2) is 13.0 Å². The molecule has 0 fully saturated rings. The van der Waals surface area contributed by atoms with E-state index < -0.39 is 10.1 Å². The van der Waals surface area contributed by atoms with Crippen LogP contribution < -0.4 is 0 Å². The summed E-state index contributed by atoms with van der Waals surface area (Å²) in [6, 6.07) is 5.03. The zero-order valence-electron chi connectivity index (χ0n) is 10.8. The minimum absolute atomic E-state index is 0.0160. The molecule has 0 unspecified atom stereocenters. The summed E-state index contributed by atoms with van der Waals surface area (Å²) in [7, 11) is -4.24. The van der Waals surface area contributed by atoms with Crippen molar-refractivity contribution in [3.8, 4) is 0 Å². The molecule has 1 N–H and O–H groups in total. The Hall–Kier alpha value is -1.91. The predicted molar refractivity (Wildman–Crippen MR) is 79.7 cm³/mol. The molecule has 2 aliphatic rings. The molecule has 0 heterocycles. The topological polar surface area (TPSA) is 54.4 Å². The van der Waals surface area contributed by atoms with Crippen molar-refractivity contribution in [2.45, 2.75) is 17.7 Å². The molecule has 0 bridgehead atoms. The summed E-state index contributed by atoms with van der Waals surface area (Å²) in [6.45, 7) is 0. The van der Waals surface area contributed by atoms with E-state index in [1.54, 1.807) is 6.07 Å². The third kappa shape index (κ3) is 2.28. The van der Waals surface area contributed by atoms with Gasteiger partial charge in [-0.1, -0.05) is 48.6 Å². The molecule has 20 heavy (non-hydrogen) atoms. The molecule has 0 radical (unpaired) electrons. The van der Waals surface area contributed by atoms with Crippen LogP contribution in [0.3, 0.4) is 0 Å². The van der Waals surface area contributed by atoms with E-state index in [-0.39, 0.29) is 4.90 Å². The summed E-state index contributed by atoms with van der Waals surface area (Å²) in [5.74, 6) is 0. The molecule has 0 saturated heterocycles. The molecule has 0 saturated carbocycles. The first-order chi connectivity index (χ1) is 9.57. The van der Waals surface area contributed by atoms with E-state index in [1.165, 1.54) is 6.07 Å². The van der Waals surface area contributed by atoms with Crippen LogP contribution >= 0.6 is 0 Å². The van der Waals surface area contributed by atoms with E-state index in [0.717, 1.165) is 23.1 Å². The van der Waals surface area contributed by atoms with E-state index in [0.29, 0.717) is 12.0 Å². The third-order valence-electron chi connectivity index (χ3n) is 3.51. The average molecular weight is 286 g/mol. The predicted octanol–water partition coefficient (Wildman–Crippen LogP) is 3.62. The zero-order valence-corrected chi connectivity index (χ0v) is 11.6. The Morgan fingerprint density at radius 3 is 2.15 bits per heavy atom. The van der Waals surface area contributed by atoms with Gasteiger partial charge in [0.2, 0.25) is 0 Å². The van der Waals surface area contributed by atoms with Crippen molar-refractivity contribution in [2.24, 2.45) is 0 Å². The quantitative estimate of drug-likeness (QED) is 0.863. The summed E-state index contributed by atoms with van der Waals surface area (Å²) in [5.41, 5.74) is 3.48. The van der Waals surface area contributed by atoms with Crippen molar-refractivity contribution in [3.63, 3.8) is 0 Å². The highest BCUT2D eigenvalue weighted by atomic mass is 32.2. The molecule has 0 spiro atoms. The SMILES string of the molecule is O=S(=O)(O)c1cccc(C2=CC=CC2)c1C1=CC=CC1. The number of allylic oxidation sites excluding steroid dienone is 8. The molecule has 0 atom stereocenters. The molecule has 1 aromatic carbocycles. The van der Waals surface area contributed by atoms with Gasteiger partial charge in [0.25, 0.3) is 10.1 Å². The Balaban J connectivity index is 2.25. The first-order valence-corrected chi connectivity index (χ1v) is 7.84. The van der Waals surface area contributed by atoms with Crippen LogP contribution in [0.4, 0.5) is 0 Å². The van der Waals surface area contributed by atoms with E-state index in [4.69, 9.17) is 0 Å². The van der Waals surface area contributed by atoms with E-state index in [9.17, 15) is 13.0 Å². The maximum atomic E-state index is 11.7. The normalized spacial score (nSPS) is 17.4. The second kappa shape index (κ2) is 4.89. The molecular formula is C16H14O3S. The first-order valence-electron chi connectivity index (χ1n) is 6.40. The number of benzene rings is 1. The lowest BCUT2D eigenvalue weighted by Crippen LogP contribution is -2.05. The highest BCUT2D eigenvalue weighted by Crippen LogP contribution is 2.37. The molecular weight excluding hydrogens is 272 g/mol. The van der Waals surface area contributed by atoms with E-state index in [2.05, 4.69) is 0 Å². The summed E-state index contributed by atoms with van der Waals surface area (Å²) in [5, 5.41) is 0. The minimum Gasteiger partial charge on any atom is -0.282 e. The van der Waals surface area contributed by atoms with Crippen molar-refractivity contribution in [1.29, 1.82) is 0 Å². The van der Waals surface area contributed by atoms with Crippen molar-refractivity contribution in [1.82, 2.24) is 0 Å². The lowest BCUT2D eigenvalue weighted by Gasteiger charge is -2.15. The van der Waals surface area contributed by atoms with Crippen LogP contribution in [0.2, 0.25) is 0 Å². The fraction of sp³-hybridized carbons (Fsp3) is 0.125. The van der Waals surface area contributed by atoms with Gasteiger partial charge in [-0.2, -0.15) is 8.42 Å². The van der Waals surface area contributed by atoms with Crippen LogP contribution in [0.25, 0.3) is 11.1 Å². The van der Waals surface area contributed by atoms with Crippen LogP contribution in [0.1, 0.15) is 24.0 Å². The van der Waals surface area contributed by atoms with Crippen LogP contribution in [-0.2, 0) is 10.1 Å². The average Bonchev–Trinajstić information content (AvgIpc) is 3.10. The molecule has 0 amide bonds. The second-order valence-corrected chi connectivity index (χ2v) is 6.19. The molecule has 3 rings (SSSR count). The van der Waals surface area contributed by atoms with Gasteiger partial charge in [-0.05, 0) is 35.6 Å². The number of hydrogen-bond donors (Lipinski definition) is 1. The molecule has 102 valence electrons. The highest BCUT2D eigenvalue weighted by Gasteiger charge is 2.22. The summed E-state index contributed by atoms with van der Waals surface area (Å²) < 4.78 is 32.8. The van der Waals surface area contributed by atoms with E-state index >= 15 is 0 Å². The Morgan fingerprint density at radius 2 is 1.60 bits per heavy atom. The molecule has 3 nitrogen and oxygen atoms in total. The van der Waals surface area contributed by atoms with Gasteiger partial charge in [0, 0.05) is 5.56 Å². The fourth-order valence-corrected chi connectivity index (χ4v) is 3.37. The maximum absolute atomic E-state index is 11.7. The van der Waals surface area contributed by atoms with Gasteiger partial charge in [-0.15, -0.1) is 0 Å². The lowest BCUT2D eigenvalue weighted by molar-refractivity contribution is 0.483. The number of rotatable bonds is 3. The highest BCUT2D eigenvalue weighted by molar-refractivity contribution is 7.86. The smallest absolute Gasteiger partial charge is 0.282 e. The van der Waals surface area contributed by atoms with Gasteiger partial charge in [0.1, 0.15) is 4.90 Å². The summed E-state index contributed by atoms with van der Waals surface area (Å²) >= 11 is 0. The van der Waals surface area contributed by atoms with Gasteiger partial charge in [-0.25, -0.2) is 0 Å². The molecule has 2 aliphatic carbocycles. The monoisotopic (exact) mass is 286 g/mol. The maximum Gasteiger partial charge on any atom is 0.295 e.